The number of carbonyl (C=O) groups is 1. The van der Waals surface area contributed by atoms with Crippen molar-refractivity contribution in [1.29, 1.82) is 0 Å². The number of sulfonamides is 1. The third-order valence-electron chi connectivity index (χ3n) is 4.99. The molecule has 0 spiro atoms. The van der Waals surface area contributed by atoms with Gasteiger partial charge >= 0.3 is 5.97 Å². The van der Waals surface area contributed by atoms with Gasteiger partial charge < -0.3 is 14.2 Å². The van der Waals surface area contributed by atoms with Crippen LogP contribution in [0.3, 0.4) is 0 Å². The summed E-state index contributed by atoms with van der Waals surface area (Å²) in [6.07, 6.45) is 2.69. The molecule has 33 heavy (non-hydrogen) atoms. The Morgan fingerprint density at radius 1 is 1.21 bits per heavy atom. The van der Waals surface area contributed by atoms with E-state index in [1.54, 1.807) is 26.0 Å². The Hall–Kier alpha value is -3.28. The van der Waals surface area contributed by atoms with Gasteiger partial charge in [0, 0.05) is 42.4 Å². The highest BCUT2D eigenvalue weighted by atomic mass is 32.2. The van der Waals surface area contributed by atoms with Gasteiger partial charge in [0.25, 0.3) is 5.69 Å². The van der Waals surface area contributed by atoms with E-state index in [1.807, 2.05) is 0 Å². The minimum atomic E-state index is -3.56. The van der Waals surface area contributed by atoms with Crippen LogP contribution >= 0.6 is 0 Å². The number of esters is 1. The van der Waals surface area contributed by atoms with Crippen molar-refractivity contribution in [2.75, 3.05) is 19.9 Å². The van der Waals surface area contributed by atoms with Gasteiger partial charge in [-0.2, -0.15) is 4.31 Å². The van der Waals surface area contributed by atoms with Crippen LogP contribution in [0, 0.1) is 10.1 Å². The molecule has 0 unspecified atom stereocenters. The summed E-state index contributed by atoms with van der Waals surface area (Å²) < 4.78 is 42.2. The molecule has 0 atom stereocenters. The molecule has 1 heterocycles. The third-order valence-corrected chi connectivity index (χ3v) is 7.05. The van der Waals surface area contributed by atoms with Gasteiger partial charge in [0.2, 0.25) is 10.0 Å². The summed E-state index contributed by atoms with van der Waals surface area (Å²) >= 11 is 0. The largest absolute Gasteiger partial charge is 0.467 e. The fourth-order valence-electron chi connectivity index (χ4n) is 3.32. The predicted molar refractivity (Wildman–Crippen MR) is 119 cm³/mol. The number of non-ortho nitro benzene ring substituents is 1. The van der Waals surface area contributed by atoms with Crippen molar-refractivity contribution in [1.82, 2.24) is 4.31 Å². The van der Waals surface area contributed by atoms with Crippen LogP contribution in [0.15, 0.2) is 47.4 Å². The molecule has 11 heteroatoms. The Morgan fingerprint density at radius 2 is 1.91 bits per heavy atom. The Balaban J connectivity index is 1.67. The first kappa shape index (κ1) is 24.4. The predicted octanol–water partition coefficient (Wildman–Crippen LogP) is 3.25. The average molecular weight is 477 g/mol. The van der Waals surface area contributed by atoms with Gasteiger partial charge in [-0.05, 0) is 23.8 Å². The molecule has 0 saturated heterocycles. The van der Waals surface area contributed by atoms with E-state index in [2.05, 4.69) is 0 Å². The van der Waals surface area contributed by atoms with E-state index < -0.39 is 20.9 Å². The molecular weight excluding hydrogens is 452 g/mol. The molecular formula is C22H24N2O8S. The molecule has 0 radical (unpaired) electrons. The number of hydrogen-bond acceptors (Lipinski definition) is 8. The van der Waals surface area contributed by atoms with Crippen molar-refractivity contribution >= 4 is 27.8 Å². The van der Waals surface area contributed by atoms with Crippen LogP contribution in [0.1, 0.15) is 30.5 Å². The summed E-state index contributed by atoms with van der Waals surface area (Å²) in [7, 11) is -3.56. The van der Waals surface area contributed by atoms with E-state index in [4.69, 9.17) is 14.2 Å². The van der Waals surface area contributed by atoms with E-state index in [0.717, 1.165) is 0 Å². The van der Waals surface area contributed by atoms with E-state index in [0.29, 0.717) is 35.5 Å². The van der Waals surface area contributed by atoms with Gasteiger partial charge in [-0.1, -0.05) is 26.0 Å². The average Bonchev–Trinajstić information content (AvgIpc) is 2.81. The van der Waals surface area contributed by atoms with E-state index in [1.165, 1.54) is 40.7 Å². The number of benzene rings is 2. The van der Waals surface area contributed by atoms with Crippen LogP contribution in [-0.4, -0.2) is 43.5 Å². The SMILES string of the molecule is CCN(CC)S(=O)(=O)c1ccc(C=CC(=O)OCc2cc([N+](=O)[O-])cc3c2OCOC3)cc1. The Kier molecular flexibility index (Phi) is 7.79. The molecule has 0 aliphatic carbocycles. The van der Waals surface area contributed by atoms with Gasteiger partial charge in [-0.25, -0.2) is 13.2 Å². The molecule has 0 N–H and O–H groups in total. The lowest BCUT2D eigenvalue weighted by molar-refractivity contribution is -0.385. The maximum absolute atomic E-state index is 12.5. The quantitative estimate of drug-likeness (QED) is 0.234. The topological polar surface area (TPSA) is 125 Å². The number of nitrogens with zero attached hydrogens (tertiary/aromatic N) is 2. The monoisotopic (exact) mass is 476 g/mol. The van der Waals surface area contributed by atoms with Crippen LogP contribution in [0.25, 0.3) is 6.08 Å². The van der Waals surface area contributed by atoms with Crippen LogP contribution < -0.4 is 4.74 Å². The third kappa shape index (κ3) is 5.75. The first-order valence-electron chi connectivity index (χ1n) is 10.2. The smallest absolute Gasteiger partial charge is 0.331 e. The molecule has 2 aromatic rings. The van der Waals surface area contributed by atoms with Crippen LogP contribution in [-0.2, 0) is 37.5 Å². The Labute approximate surface area is 191 Å². The summed E-state index contributed by atoms with van der Waals surface area (Å²) in [4.78, 5) is 23.0. The lowest BCUT2D eigenvalue weighted by Gasteiger charge is -2.20. The highest BCUT2D eigenvalue weighted by Crippen LogP contribution is 2.33. The zero-order valence-electron chi connectivity index (χ0n) is 18.2. The van der Waals surface area contributed by atoms with Crippen molar-refractivity contribution < 1.29 is 32.3 Å². The number of nitro groups is 1. The van der Waals surface area contributed by atoms with Gasteiger partial charge in [-0.15, -0.1) is 0 Å². The highest BCUT2D eigenvalue weighted by molar-refractivity contribution is 7.89. The number of hydrogen-bond donors (Lipinski definition) is 0. The van der Waals surface area contributed by atoms with Gasteiger partial charge in [-0.3, -0.25) is 10.1 Å². The molecule has 3 rings (SSSR count). The summed E-state index contributed by atoms with van der Waals surface area (Å²) in [5, 5.41) is 11.2. The summed E-state index contributed by atoms with van der Waals surface area (Å²) in [5.41, 5.74) is 1.34. The first-order chi connectivity index (χ1) is 15.8. The zero-order chi connectivity index (χ0) is 24.0. The number of nitro benzene ring substituents is 1. The second-order valence-electron chi connectivity index (χ2n) is 7.06. The van der Waals surface area contributed by atoms with Crippen molar-refractivity contribution in [3.05, 3.63) is 69.3 Å². The molecule has 2 aromatic carbocycles. The van der Waals surface area contributed by atoms with Gasteiger partial charge in [0.15, 0.2) is 6.79 Å². The fourth-order valence-corrected chi connectivity index (χ4v) is 4.78. The molecule has 1 aliphatic rings. The molecule has 0 fully saturated rings. The maximum atomic E-state index is 12.5. The van der Waals surface area contributed by atoms with Crippen LogP contribution in [0.2, 0.25) is 0 Å². The first-order valence-corrected chi connectivity index (χ1v) is 11.7. The number of fused-ring (bicyclic) bond motifs is 1. The molecule has 0 saturated carbocycles. The lowest BCUT2D eigenvalue weighted by Crippen LogP contribution is -2.30. The Morgan fingerprint density at radius 3 is 2.55 bits per heavy atom. The molecule has 10 nitrogen and oxygen atoms in total. The number of carbonyl (C=O) groups excluding carboxylic acids is 1. The van der Waals surface area contributed by atoms with Crippen molar-refractivity contribution in [3.63, 3.8) is 0 Å². The number of ether oxygens (including phenoxy) is 3. The summed E-state index contributed by atoms with van der Waals surface area (Å²) in [5.74, 6) is -0.254. The summed E-state index contributed by atoms with van der Waals surface area (Å²) in [6, 6.07) is 8.80. The molecule has 0 bridgehead atoms. The van der Waals surface area contributed by atoms with Crippen LogP contribution in [0.5, 0.6) is 5.75 Å². The fraction of sp³-hybridized carbons (Fsp3) is 0.318. The molecule has 176 valence electrons. The minimum Gasteiger partial charge on any atom is -0.467 e. The molecule has 1 aliphatic heterocycles. The Bertz CT molecular complexity index is 1160. The second-order valence-corrected chi connectivity index (χ2v) is 9.00. The normalized spacial score (nSPS) is 13.5. The van der Waals surface area contributed by atoms with Crippen LogP contribution in [0.4, 0.5) is 5.69 Å². The number of rotatable bonds is 9. The molecule has 0 aromatic heterocycles. The highest BCUT2D eigenvalue weighted by Gasteiger charge is 2.22. The van der Waals surface area contributed by atoms with Gasteiger partial charge in [0.05, 0.1) is 16.4 Å². The zero-order valence-corrected chi connectivity index (χ0v) is 19.0. The van der Waals surface area contributed by atoms with E-state index in [-0.39, 0.29) is 30.6 Å². The van der Waals surface area contributed by atoms with Gasteiger partial charge in [0.1, 0.15) is 12.4 Å². The van der Waals surface area contributed by atoms with E-state index >= 15 is 0 Å². The lowest BCUT2D eigenvalue weighted by atomic mass is 10.1. The van der Waals surface area contributed by atoms with Crippen molar-refractivity contribution in [2.45, 2.75) is 32.0 Å². The maximum Gasteiger partial charge on any atom is 0.331 e. The minimum absolute atomic E-state index is 0.00560. The van der Waals surface area contributed by atoms with E-state index in [9.17, 15) is 23.3 Å². The molecule has 0 amide bonds. The van der Waals surface area contributed by atoms with Crippen molar-refractivity contribution in [2.24, 2.45) is 0 Å². The van der Waals surface area contributed by atoms with Crippen molar-refractivity contribution in [3.8, 4) is 5.75 Å². The second kappa shape index (κ2) is 10.6. The standard InChI is InChI=1S/C22H24N2O8S/c1-3-23(4-2)33(28,29)20-8-5-16(6-9-20)7-10-21(25)31-14-18-12-19(24(26)27)11-17-13-30-15-32-22(17)18/h5-12H,3-4,13-15H2,1-2H3. The summed E-state index contributed by atoms with van der Waals surface area (Å²) in [6.45, 7) is 4.24.